The molecular weight excluding hydrogens is 511 g/mol. The van der Waals surface area contributed by atoms with Crippen LogP contribution >= 0.6 is 0 Å². The van der Waals surface area contributed by atoms with Gasteiger partial charge in [0.1, 0.15) is 17.3 Å². The molecule has 8 heteroatoms. The maximum Gasteiger partial charge on any atom is 0.248 e. The van der Waals surface area contributed by atoms with Crippen LogP contribution in [-0.2, 0) is 20.1 Å². The van der Waals surface area contributed by atoms with Gasteiger partial charge in [-0.1, -0.05) is 36.4 Å². The number of likely N-dealkylation sites (tertiary alicyclic amines) is 1. The SMILES string of the molecule is Cn1nc(-c2cccc(F)c2)c2ccc(CN3CCC(c4nc5ccccc5n4CC4CC(F)(F)C4)CC3)cc21. The Morgan fingerprint density at radius 3 is 2.50 bits per heavy atom. The summed E-state index contributed by atoms with van der Waals surface area (Å²) in [5.41, 5.74) is 5.82. The first-order valence-corrected chi connectivity index (χ1v) is 14.1. The standard InChI is InChI=1S/C32H32F3N5/c1-38-29-15-21(9-10-26(29)30(37-38)24-5-4-6-25(33)16-24)19-39-13-11-23(12-14-39)31-36-27-7-2-3-8-28(27)40(31)20-22-17-32(34,35)18-22/h2-10,15-16,22-23H,11-14,17-20H2,1H3. The van der Waals surface area contributed by atoms with Gasteiger partial charge in [-0.15, -0.1) is 0 Å². The first-order valence-electron chi connectivity index (χ1n) is 14.1. The van der Waals surface area contributed by atoms with Gasteiger partial charge in [-0.2, -0.15) is 5.10 Å². The maximum atomic E-state index is 13.8. The molecule has 1 saturated heterocycles. The van der Waals surface area contributed by atoms with E-state index in [1.807, 2.05) is 36.0 Å². The van der Waals surface area contributed by atoms with Crippen LogP contribution in [0.15, 0.2) is 66.7 Å². The summed E-state index contributed by atoms with van der Waals surface area (Å²) < 4.78 is 45.0. The second-order valence-electron chi connectivity index (χ2n) is 11.6. The van der Waals surface area contributed by atoms with Crippen molar-refractivity contribution in [2.75, 3.05) is 13.1 Å². The van der Waals surface area contributed by atoms with Crippen LogP contribution in [0.4, 0.5) is 13.2 Å². The van der Waals surface area contributed by atoms with Crippen LogP contribution in [-0.4, -0.2) is 43.2 Å². The van der Waals surface area contributed by atoms with Crippen LogP contribution in [0.2, 0.25) is 0 Å². The van der Waals surface area contributed by atoms with Crippen molar-refractivity contribution in [3.05, 3.63) is 83.9 Å². The number of hydrogen-bond acceptors (Lipinski definition) is 3. The van der Waals surface area contributed by atoms with Crippen molar-refractivity contribution in [3.8, 4) is 11.3 Å². The first kappa shape index (κ1) is 25.3. The van der Waals surface area contributed by atoms with E-state index in [1.165, 1.54) is 17.7 Å². The molecule has 0 atom stereocenters. The Morgan fingerprint density at radius 1 is 0.925 bits per heavy atom. The van der Waals surface area contributed by atoms with Crippen molar-refractivity contribution in [3.63, 3.8) is 0 Å². The summed E-state index contributed by atoms with van der Waals surface area (Å²) in [5, 5.41) is 5.70. The van der Waals surface area contributed by atoms with Crippen LogP contribution < -0.4 is 0 Å². The molecule has 7 rings (SSSR count). The number of rotatable bonds is 6. The van der Waals surface area contributed by atoms with Gasteiger partial charge >= 0.3 is 0 Å². The van der Waals surface area contributed by atoms with E-state index in [-0.39, 0.29) is 24.6 Å². The third-order valence-corrected chi connectivity index (χ3v) is 8.67. The Bertz CT molecular complexity index is 1690. The predicted molar refractivity (Wildman–Crippen MR) is 151 cm³/mol. The van der Waals surface area contributed by atoms with E-state index in [0.717, 1.165) is 71.5 Å². The number of fused-ring (bicyclic) bond motifs is 2. The van der Waals surface area contributed by atoms with Crippen LogP contribution in [0.5, 0.6) is 0 Å². The summed E-state index contributed by atoms with van der Waals surface area (Å²) in [6.07, 6.45) is 1.92. The number of nitrogens with zero attached hydrogens (tertiary/aromatic N) is 5. The Morgan fingerprint density at radius 2 is 1.73 bits per heavy atom. The van der Waals surface area contributed by atoms with Crippen LogP contribution in [0.25, 0.3) is 33.2 Å². The van der Waals surface area contributed by atoms with Crippen LogP contribution in [0.3, 0.4) is 0 Å². The molecule has 2 aliphatic rings. The van der Waals surface area contributed by atoms with E-state index >= 15 is 0 Å². The molecule has 3 heterocycles. The van der Waals surface area contributed by atoms with Gasteiger partial charge in [0.15, 0.2) is 0 Å². The van der Waals surface area contributed by atoms with E-state index in [0.29, 0.717) is 12.5 Å². The van der Waals surface area contributed by atoms with E-state index in [4.69, 9.17) is 4.98 Å². The number of imidazole rings is 1. The monoisotopic (exact) mass is 543 g/mol. The van der Waals surface area contributed by atoms with Crippen LogP contribution in [0, 0.1) is 11.7 Å². The number of alkyl halides is 2. The minimum atomic E-state index is -2.51. The number of aryl methyl sites for hydroxylation is 1. The van der Waals surface area contributed by atoms with Gasteiger partial charge in [-0.25, -0.2) is 18.2 Å². The fourth-order valence-electron chi connectivity index (χ4n) is 6.63. The zero-order valence-electron chi connectivity index (χ0n) is 22.5. The first-order chi connectivity index (χ1) is 19.3. The summed E-state index contributed by atoms with van der Waals surface area (Å²) in [6, 6.07) is 21.1. The Kier molecular flexibility index (Phi) is 6.18. The lowest BCUT2D eigenvalue weighted by molar-refractivity contribution is -0.114. The number of halogens is 3. The normalized spacial score (nSPS) is 18.5. The van der Waals surface area contributed by atoms with Gasteiger partial charge in [-0.3, -0.25) is 9.58 Å². The molecule has 2 aromatic heterocycles. The highest BCUT2D eigenvalue weighted by Crippen LogP contribution is 2.44. The summed E-state index contributed by atoms with van der Waals surface area (Å²) in [4.78, 5) is 7.47. The van der Waals surface area contributed by atoms with Gasteiger partial charge < -0.3 is 4.57 Å². The molecule has 0 spiro atoms. The molecule has 1 saturated carbocycles. The largest absolute Gasteiger partial charge is 0.327 e. The number of benzene rings is 3. The minimum absolute atomic E-state index is 0.00907. The van der Waals surface area contributed by atoms with Crippen molar-refractivity contribution >= 4 is 21.9 Å². The highest BCUT2D eigenvalue weighted by Gasteiger charge is 2.45. The van der Waals surface area contributed by atoms with E-state index in [2.05, 4.69) is 38.8 Å². The van der Waals surface area contributed by atoms with E-state index in [9.17, 15) is 13.2 Å². The summed E-state index contributed by atoms with van der Waals surface area (Å²) in [7, 11) is 1.93. The second kappa shape index (κ2) is 9.77. The average Bonchev–Trinajstić information content (AvgIpc) is 3.46. The fraction of sp³-hybridized carbons (Fsp3) is 0.375. The lowest BCUT2D eigenvalue weighted by atomic mass is 9.81. The lowest BCUT2D eigenvalue weighted by Gasteiger charge is -2.36. The van der Waals surface area contributed by atoms with Crippen molar-refractivity contribution in [2.24, 2.45) is 13.0 Å². The quantitative estimate of drug-likeness (QED) is 0.228. The van der Waals surface area contributed by atoms with Crippen molar-refractivity contribution < 1.29 is 13.2 Å². The number of piperidine rings is 1. The van der Waals surface area contributed by atoms with Crippen molar-refractivity contribution in [1.82, 2.24) is 24.2 Å². The third kappa shape index (κ3) is 4.68. The average molecular weight is 544 g/mol. The minimum Gasteiger partial charge on any atom is -0.327 e. The highest BCUT2D eigenvalue weighted by atomic mass is 19.3. The molecule has 5 nitrogen and oxygen atoms in total. The Hall–Kier alpha value is -3.65. The third-order valence-electron chi connectivity index (χ3n) is 8.67. The smallest absolute Gasteiger partial charge is 0.248 e. The zero-order chi connectivity index (χ0) is 27.4. The topological polar surface area (TPSA) is 38.9 Å². The van der Waals surface area contributed by atoms with Gasteiger partial charge in [-0.05, 0) is 67.7 Å². The van der Waals surface area contributed by atoms with Crippen molar-refractivity contribution in [2.45, 2.75) is 50.6 Å². The predicted octanol–water partition coefficient (Wildman–Crippen LogP) is 7.15. The summed E-state index contributed by atoms with van der Waals surface area (Å²) >= 11 is 0. The van der Waals surface area contributed by atoms with Gasteiger partial charge in [0, 0.05) is 49.8 Å². The Balaban J connectivity index is 1.06. The maximum absolute atomic E-state index is 13.8. The molecule has 1 aliphatic carbocycles. The van der Waals surface area contributed by atoms with Gasteiger partial charge in [0.05, 0.1) is 16.6 Å². The Labute approximate surface area is 231 Å². The molecule has 0 bridgehead atoms. The van der Waals surface area contributed by atoms with Gasteiger partial charge in [0.25, 0.3) is 0 Å². The number of para-hydroxylation sites is 2. The molecule has 0 radical (unpaired) electrons. The molecule has 5 aromatic rings. The van der Waals surface area contributed by atoms with Crippen molar-refractivity contribution in [1.29, 1.82) is 0 Å². The molecule has 0 amide bonds. The molecule has 1 aliphatic heterocycles. The molecule has 206 valence electrons. The highest BCUT2D eigenvalue weighted by molar-refractivity contribution is 5.93. The van der Waals surface area contributed by atoms with E-state index < -0.39 is 5.92 Å². The second-order valence-corrected chi connectivity index (χ2v) is 11.6. The lowest BCUT2D eigenvalue weighted by Crippen LogP contribution is -2.38. The summed E-state index contributed by atoms with van der Waals surface area (Å²) in [6.45, 7) is 3.37. The summed E-state index contributed by atoms with van der Waals surface area (Å²) in [5.74, 6) is -1.40. The van der Waals surface area contributed by atoms with E-state index in [1.54, 1.807) is 6.07 Å². The molecule has 40 heavy (non-hydrogen) atoms. The van der Waals surface area contributed by atoms with Gasteiger partial charge in [0.2, 0.25) is 5.92 Å². The zero-order valence-corrected chi connectivity index (χ0v) is 22.5. The fourth-order valence-corrected chi connectivity index (χ4v) is 6.63. The molecule has 2 fully saturated rings. The molecule has 3 aromatic carbocycles. The van der Waals surface area contributed by atoms with Crippen LogP contribution in [0.1, 0.15) is 43.0 Å². The number of hydrogen-bond donors (Lipinski definition) is 0. The number of aromatic nitrogens is 4. The molecular formula is C32H32F3N5. The molecule has 0 unspecified atom stereocenters. The molecule has 0 N–H and O–H groups in total.